The molecule has 1 aromatic heterocycles. The summed E-state index contributed by atoms with van der Waals surface area (Å²) in [7, 11) is 3.70. The zero-order valence-electron chi connectivity index (χ0n) is 13.0. The molecule has 0 spiro atoms. The highest BCUT2D eigenvalue weighted by Crippen LogP contribution is 2.28. The van der Waals surface area contributed by atoms with Crippen molar-refractivity contribution in [3.63, 3.8) is 0 Å². The third-order valence-electron chi connectivity index (χ3n) is 3.83. The Hall–Kier alpha value is -0.690. The van der Waals surface area contributed by atoms with Gasteiger partial charge < -0.3 is 15.0 Å². The van der Waals surface area contributed by atoms with Gasteiger partial charge in [-0.3, -0.25) is 4.90 Å². The van der Waals surface area contributed by atoms with Crippen LogP contribution in [-0.4, -0.2) is 56.3 Å². The van der Waals surface area contributed by atoms with Crippen LogP contribution in [0.15, 0.2) is 0 Å². The second-order valence-corrected chi connectivity index (χ2v) is 6.32. The number of piperazine rings is 1. The molecule has 2 rings (SSSR count). The van der Waals surface area contributed by atoms with Gasteiger partial charge >= 0.3 is 0 Å². The summed E-state index contributed by atoms with van der Waals surface area (Å²) in [4.78, 5) is 11.0. The van der Waals surface area contributed by atoms with Crippen molar-refractivity contribution in [3.05, 3.63) is 10.6 Å². The molecule has 6 heteroatoms. The summed E-state index contributed by atoms with van der Waals surface area (Å²) in [5.74, 6) is 0. The Morgan fingerprint density at radius 1 is 1.45 bits per heavy atom. The molecule has 1 aliphatic heterocycles. The Balaban J connectivity index is 2.10. The fraction of sp³-hybridized carbons (Fsp3) is 0.786. The van der Waals surface area contributed by atoms with Gasteiger partial charge in [0.25, 0.3) is 0 Å². The highest BCUT2D eigenvalue weighted by Gasteiger charge is 2.25. The topological polar surface area (TPSA) is 40.6 Å². The predicted molar refractivity (Wildman–Crippen MR) is 84.5 cm³/mol. The fourth-order valence-electron chi connectivity index (χ4n) is 2.69. The lowest BCUT2D eigenvalue weighted by Crippen LogP contribution is -2.51. The molecule has 0 radical (unpaired) electrons. The molecule has 1 aromatic rings. The number of anilines is 1. The minimum Gasteiger partial charge on any atom is -0.378 e. The molecule has 20 heavy (non-hydrogen) atoms. The van der Waals surface area contributed by atoms with E-state index in [1.54, 1.807) is 18.4 Å². The van der Waals surface area contributed by atoms with E-state index >= 15 is 0 Å². The Labute approximate surface area is 125 Å². The molecule has 1 N–H and O–H groups in total. The minimum absolute atomic E-state index is 0.594. The van der Waals surface area contributed by atoms with Gasteiger partial charge in [-0.05, 0) is 20.5 Å². The smallest absolute Gasteiger partial charge is 0.186 e. The summed E-state index contributed by atoms with van der Waals surface area (Å²) in [5, 5.41) is 4.36. The fourth-order valence-corrected chi connectivity index (χ4v) is 3.80. The molecule has 5 nitrogen and oxygen atoms in total. The van der Waals surface area contributed by atoms with Crippen molar-refractivity contribution < 1.29 is 4.74 Å². The molecule has 0 bridgehead atoms. The highest BCUT2D eigenvalue weighted by molar-refractivity contribution is 7.15. The van der Waals surface area contributed by atoms with Gasteiger partial charge in [-0.2, -0.15) is 0 Å². The van der Waals surface area contributed by atoms with Crippen LogP contribution in [0.5, 0.6) is 0 Å². The number of rotatable bonds is 6. The molecule has 1 atom stereocenters. The molecule has 1 fully saturated rings. The van der Waals surface area contributed by atoms with Crippen LogP contribution in [0.4, 0.5) is 5.13 Å². The Morgan fingerprint density at radius 3 is 2.85 bits per heavy atom. The van der Waals surface area contributed by atoms with E-state index in [1.807, 2.05) is 7.05 Å². The van der Waals surface area contributed by atoms with E-state index in [9.17, 15) is 0 Å². The first-order valence-corrected chi connectivity index (χ1v) is 8.12. The van der Waals surface area contributed by atoms with Crippen LogP contribution in [0.25, 0.3) is 0 Å². The van der Waals surface area contributed by atoms with E-state index in [0.29, 0.717) is 12.6 Å². The number of thiazole rings is 1. The van der Waals surface area contributed by atoms with E-state index in [-0.39, 0.29) is 0 Å². The van der Waals surface area contributed by atoms with Gasteiger partial charge in [-0.15, -0.1) is 11.3 Å². The van der Waals surface area contributed by atoms with Crippen molar-refractivity contribution in [1.29, 1.82) is 0 Å². The molecule has 1 unspecified atom stereocenters. The zero-order chi connectivity index (χ0) is 14.5. The largest absolute Gasteiger partial charge is 0.378 e. The monoisotopic (exact) mass is 298 g/mol. The van der Waals surface area contributed by atoms with Gasteiger partial charge in [0.15, 0.2) is 5.13 Å². The first-order valence-electron chi connectivity index (χ1n) is 7.30. The van der Waals surface area contributed by atoms with Crippen molar-refractivity contribution >= 4 is 16.5 Å². The lowest BCUT2D eigenvalue weighted by molar-refractivity contribution is 0.181. The first kappa shape index (κ1) is 15.7. The number of hydrogen-bond acceptors (Lipinski definition) is 6. The van der Waals surface area contributed by atoms with Crippen molar-refractivity contribution in [2.24, 2.45) is 0 Å². The highest BCUT2D eigenvalue weighted by atomic mass is 32.1. The average molecular weight is 298 g/mol. The molecule has 114 valence electrons. The van der Waals surface area contributed by atoms with E-state index in [4.69, 9.17) is 9.72 Å². The molecular weight excluding hydrogens is 272 g/mol. The summed E-state index contributed by atoms with van der Waals surface area (Å²) in [6.45, 7) is 10.4. The number of hydrogen-bond donors (Lipinski definition) is 1. The second-order valence-electron chi connectivity index (χ2n) is 5.25. The van der Waals surface area contributed by atoms with Gasteiger partial charge in [0.2, 0.25) is 0 Å². The molecule has 1 aliphatic rings. The minimum atomic E-state index is 0.594. The van der Waals surface area contributed by atoms with Crippen molar-refractivity contribution in [1.82, 2.24) is 15.2 Å². The number of nitrogens with one attached hydrogen (secondary N) is 1. The number of likely N-dealkylation sites (N-methyl/N-ethyl adjacent to an activating group) is 1. The van der Waals surface area contributed by atoms with Crippen LogP contribution in [0.2, 0.25) is 0 Å². The number of aromatic nitrogens is 1. The van der Waals surface area contributed by atoms with Crippen molar-refractivity contribution in [3.8, 4) is 0 Å². The van der Waals surface area contributed by atoms with Gasteiger partial charge in [0, 0.05) is 44.2 Å². The van der Waals surface area contributed by atoms with Crippen LogP contribution >= 0.6 is 11.3 Å². The van der Waals surface area contributed by atoms with Crippen molar-refractivity contribution in [2.75, 3.05) is 45.2 Å². The van der Waals surface area contributed by atoms with Crippen LogP contribution in [0, 0.1) is 0 Å². The van der Waals surface area contributed by atoms with Gasteiger partial charge in [-0.1, -0.05) is 6.92 Å². The number of nitrogens with zero attached hydrogens (tertiary/aromatic N) is 3. The van der Waals surface area contributed by atoms with Crippen LogP contribution in [0.1, 0.15) is 24.4 Å². The Morgan fingerprint density at radius 2 is 2.25 bits per heavy atom. The van der Waals surface area contributed by atoms with Crippen LogP contribution in [0.3, 0.4) is 0 Å². The summed E-state index contributed by atoms with van der Waals surface area (Å²) in [6.07, 6.45) is 0. The lowest BCUT2D eigenvalue weighted by Gasteiger charge is -2.39. The quantitative estimate of drug-likeness (QED) is 0.863. The Kier molecular flexibility index (Phi) is 5.77. The summed E-state index contributed by atoms with van der Waals surface area (Å²) in [6, 6.07) is 0.594. The standard InChI is InChI=1S/C14H26N4OS/c1-5-17-6-7-18(9-11(17)2)14-16-12(10-19-4)13(20-14)8-15-3/h11,15H,5-10H2,1-4H3. The van der Waals surface area contributed by atoms with E-state index in [2.05, 4.69) is 29.0 Å². The molecule has 2 heterocycles. The molecule has 0 aliphatic carbocycles. The molecule has 0 saturated carbocycles. The van der Waals surface area contributed by atoms with Gasteiger partial charge in [0.1, 0.15) is 0 Å². The van der Waals surface area contributed by atoms with Crippen LogP contribution in [-0.2, 0) is 17.9 Å². The number of ether oxygens (including phenoxy) is 1. The maximum Gasteiger partial charge on any atom is 0.186 e. The van der Waals surface area contributed by atoms with E-state index in [0.717, 1.165) is 43.5 Å². The lowest BCUT2D eigenvalue weighted by atomic mass is 10.2. The molecule has 1 saturated heterocycles. The van der Waals surface area contributed by atoms with Gasteiger partial charge in [0.05, 0.1) is 12.3 Å². The first-order chi connectivity index (χ1) is 9.69. The molecule has 0 aromatic carbocycles. The summed E-state index contributed by atoms with van der Waals surface area (Å²) in [5.41, 5.74) is 1.08. The molecular formula is C14H26N4OS. The maximum absolute atomic E-state index is 5.26. The Bertz CT molecular complexity index is 400. The average Bonchev–Trinajstić information content (AvgIpc) is 2.83. The van der Waals surface area contributed by atoms with E-state index < -0.39 is 0 Å². The SMILES string of the molecule is CCN1CCN(c2nc(COC)c(CNC)s2)CC1C. The third kappa shape index (κ3) is 3.49. The number of methoxy groups -OCH3 is 1. The zero-order valence-corrected chi connectivity index (χ0v) is 13.8. The van der Waals surface area contributed by atoms with Crippen LogP contribution < -0.4 is 10.2 Å². The summed E-state index contributed by atoms with van der Waals surface area (Å²) < 4.78 is 5.26. The predicted octanol–water partition coefficient (Wildman–Crippen LogP) is 1.54. The van der Waals surface area contributed by atoms with Crippen molar-refractivity contribution in [2.45, 2.75) is 33.0 Å². The molecule has 0 amide bonds. The third-order valence-corrected chi connectivity index (χ3v) is 4.99. The maximum atomic E-state index is 5.26. The normalized spacial score (nSPS) is 20.6. The van der Waals surface area contributed by atoms with Gasteiger partial charge in [-0.25, -0.2) is 4.98 Å². The summed E-state index contributed by atoms with van der Waals surface area (Å²) >= 11 is 1.80. The van der Waals surface area contributed by atoms with E-state index in [1.165, 1.54) is 4.88 Å². The second kappa shape index (κ2) is 7.36.